The number of methoxy groups -OCH3 is 2. The van der Waals surface area contributed by atoms with Gasteiger partial charge in [0.15, 0.2) is 0 Å². The first kappa shape index (κ1) is 15.1. The average Bonchev–Trinajstić information content (AvgIpc) is 2.47. The summed E-state index contributed by atoms with van der Waals surface area (Å²) in [5.41, 5.74) is 1.09. The van der Waals surface area contributed by atoms with Crippen LogP contribution >= 0.6 is 0 Å². The van der Waals surface area contributed by atoms with E-state index >= 15 is 0 Å². The Morgan fingerprint density at radius 1 is 1.20 bits per heavy atom. The summed E-state index contributed by atoms with van der Waals surface area (Å²) in [5, 5.41) is 19.1. The minimum atomic E-state index is -0.457. The van der Waals surface area contributed by atoms with E-state index in [2.05, 4.69) is 4.90 Å². The van der Waals surface area contributed by atoms with Gasteiger partial charge < -0.3 is 19.7 Å². The first-order chi connectivity index (χ1) is 9.66. The Labute approximate surface area is 119 Å². The predicted molar refractivity (Wildman–Crippen MR) is 76.0 cm³/mol. The van der Waals surface area contributed by atoms with E-state index in [4.69, 9.17) is 14.6 Å². The van der Waals surface area contributed by atoms with Crippen molar-refractivity contribution in [3.63, 3.8) is 0 Å². The molecule has 5 nitrogen and oxygen atoms in total. The second-order valence-corrected chi connectivity index (χ2v) is 5.25. The molecular weight excluding hydrogens is 258 g/mol. The van der Waals surface area contributed by atoms with Crippen LogP contribution in [-0.4, -0.2) is 55.1 Å². The molecule has 0 aliphatic carbocycles. The van der Waals surface area contributed by atoms with Crippen molar-refractivity contribution < 1.29 is 19.7 Å². The molecule has 1 saturated heterocycles. The second-order valence-electron chi connectivity index (χ2n) is 5.25. The van der Waals surface area contributed by atoms with Crippen molar-refractivity contribution in [2.24, 2.45) is 5.92 Å². The van der Waals surface area contributed by atoms with E-state index in [0.29, 0.717) is 6.54 Å². The summed E-state index contributed by atoms with van der Waals surface area (Å²) in [5.74, 6) is 1.54. The Morgan fingerprint density at radius 3 is 2.35 bits per heavy atom. The van der Waals surface area contributed by atoms with Gasteiger partial charge in [-0.25, -0.2) is 0 Å². The zero-order chi connectivity index (χ0) is 14.5. The van der Waals surface area contributed by atoms with Gasteiger partial charge in [-0.15, -0.1) is 0 Å². The number of likely N-dealkylation sites (tertiary alicyclic amines) is 1. The fourth-order valence-corrected chi connectivity index (χ4v) is 2.62. The van der Waals surface area contributed by atoms with Gasteiger partial charge in [0.25, 0.3) is 0 Å². The normalized spacial score (nSPS) is 23.6. The number of hydrogen-bond acceptors (Lipinski definition) is 5. The summed E-state index contributed by atoms with van der Waals surface area (Å²) in [7, 11) is 3.27. The third-order valence-corrected chi connectivity index (χ3v) is 3.86. The lowest BCUT2D eigenvalue weighted by Gasteiger charge is -2.35. The third kappa shape index (κ3) is 3.62. The number of ether oxygens (including phenoxy) is 2. The van der Waals surface area contributed by atoms with Gasteiger partial charge in [-0.2, -0.15) is 0 Å². The zero-order valence-corrected chi connectivity index (χ0v) is 12.1. The Kier molecular flexibility index (Phi) is 5.23. The van der Waals surface area contributed by atoms with Crippen LogP contribution in [0, 0.1) is 5.92 Å². The number of rotatable bonds is 5. The molecule has 5 heteroatoms. The quantitative estimate of drug-likeness (QED) is 0.839. The monoisotopic (exact) mass is 281 g/mol. The van der Waals surface area contributed by atoms with E-state index in [1.54, 1.807) is 14.2 Å². The maximum absolute atomic E-state index is 9.97. The summed E-state index contributed by atoms with van der Waals surface area (Å²) >= 11 is 0. The number of piperidine rings is 1. The standard InChI is InChI=1S/C15H23NO4/c1-19-13-5-11(6-14(7-13)20-2)8-16-4-3-12(10-17)15(18)9-16/h5-7,12,15,17-18H,3-4,8-10H2,1-2H3/t12-,15-/m1/s1. The van der Waals surface area contributed by atoms with Crippen molar-refractivity contribution in [3.05, 3.63) is 23.8 Å². The summed E-state index contributed by atoms with van der Waals surface area (Å²) in [6.07, 6.45) is 0.361. The Balaban J connectivity index is 2.03. The lowest BCUT2D eigenvalue weighted by atomic mass is 9.94. The SMILES string of the molecule is COc1cc(CN2CC[C@H](CO)[C@H](O)C2)cc(OC)c1. The van der Waals surface area contributed by atoms with Crippen molar-refractivity contribution in [3.8, 4) is 11.5 Å². The maximum Gasteiger partial charge on any atom is 0.122 e. The molecule has 0 unspecified atom stereocenters. The van der Waals surface area contributed by atoms with Gasteiger partial charge in [0.05, 0.1) is 20.3 Å². The van der Waals surface area contributed by atoms with E-state index in [9.17, 15) is 5.11 Å². The molecule has 0 aromatic heterocycles. The highest BCUT2D eigenvalue weighted by Gasteiger charge is 2.27. The van der Waals surface area contributed by atoms with Gasteiger partial charge >= 0.3 is 0 Å². The molecule has 1 aromatic carbocycles. The van der Waals surface area contributed by atoms with Crippen LogP contribution < -0.4 is 9.47 Å². The van der Waals surface area contributed by atoms with E-state index in [0.717, 1.165) is 36.6 Å². The molecule has 1 heterocycles. The molecular formula is C15H23NO4. The predicted octanol–water partition coefficient (Wildman–Crippen LogP) is 0.879. The number of benzene rings is 1. The van der Waals surface area contributed by atoms with Crippen LogP contribution in [0.25, 0.3) is 0 Å². The van der Waals surface area contributed by atoms with Crippen molar-refractivity contribution >= 4 is 0 Å². The van der Waals surface area contributed by atoms with Gasteiger partial charge in [0.2, 0.25) is 0 Å². The van der Waals surface area contributed by atoms with Crippen LogP contribution in [0.4, 0.5) is 0 Å². The number of hydrogen-bond donors (Lipinski definition) is 2. The largest absolute Gasteiger partial charge is 0.497 e. The molecule has 1 aromatic rings. The summed E-state index contributed by atoms with van der Waals surface area (Å²) < 4.78 is 10.5. The summed E-state index contributed by atoms with van der Waals surface area (Å²) in [6, 6.07) is 5.80. The first-order valence-electron chi connectivity index (χ1n) is 6.89. The van der Waals surface area contributed by atoms with Crippen molar-refractivity contribution in [1.29, 1.82) is 0 Å². The van der Waals surface area contributed by atoms with E-state index in [-0.39, 0.29) is 12.5 Å². The zero-order valence-electron chi connectivity index (χ0n) is 12.1. The molecule has 2 rings (SSSR count). The fraction of sp³-hybridized carbons (Fsp3) is 0.600. The van der Waals surface area contributed by atoms with E-state index < -0.39 is 6.10 Å². The van der Waals surface area contributed by atoms with Crippen LogP contribution in [0.2, 0.25) is 0 Å². The highest BCUT2D eigenvalue weighted by Crippen LogP contribution is 2.25. The first-order valence-corrected chi connectivity index (χ1v) is 6.89. The van der Waals surface area contributed by atoms with Crippen LogP contribution in [0.1, 0.15) is 12.0 Å². The van der Waals surface area contributed by atoms with Crippen LogP contribution in [0.15, 0.2) is 18.2 Å². The molecule has 2 N–H and O–H groups in total. The van der Waals surface area contributed by atoms with E-state index in [1.165, 1.54) is 0 Å². The molecule has 0 spiro atoms. The van der Waals surface area contributed by atoms with Gasteiger partial charge in [-0.1, -0.05) is 0 Å². The molecule has 1 aliphatic heterocycles. The summed E-state index contributed by atoms with van der Waals surface area (Å²) in [4.78, 5) is 2.19. The van der Waals surface area contributed by atoms with Gasteiger partial charge in [0, 0.05) is 31.7 Å². The molecule has 1 fully saturated rings. The molecule has 0 radical (unpaired) electrons. The highest BCUT2D eigenvalue weighted by atomic mass is 16.5. The van der Waals surface area contributed by atoms with Gasteiger partial charge in [-0.05, 0) is 30.7 Å². The Bertz CT molecular complexity index is 416. The Hall–Kier alpha value is -1.30. The fourth-order valence-electron chi connectivity index (χ4n) is 2.62. The van der Waals surface area contributed by atoms with Crippen LogP contribution in [-0.2, 0) is 6.54 Å². The highest BCUT2D eigenvalue weighted by molar-refractivity contribution is 5.38. The molecule has 0 amide bonds. The number of aliphatic hydroxyl groups excluding tert-OH is 2. The Morgan fingerprint density at radius 2 is 1.85 bits per heavy atom. The lowest BCUT2D eigenvalue weighted by molar-refractivity contribution is -0.00445. The smallest absolute Gasteiger partial charge is 0.122 e. The number of nitrogens with zero attached hydrogens (tertiary/aromatic N) is 1. The van der Waals surface area contributed by atoms with Crippen LogP contribution in [0.3, 0.4) is 0 Å². The average molecular weight is 281 g/mol. The minimum absolute atomic E-state index is 0.00564. The van der Waals surface area contributed by atoms with Gasteiger partial charge in [-0.3, -0.25) is 4.90 Å². The van der Waals surface area contributed by atoms with Gasteiger partial charge in [0.1, 0.15) is 11.5 Å². The third-order valence-electron chi connectivity index (χ3n) is 3.86. The topological polar surface area (TPSA) is 62.2 Å². The minimum Gasteiger partial charge on any atom is -0.497 e. The van der Waals surface area contributed by atoms with Crippen molar-refractivity contribution in [2.45, 2.75) is 19.1 Å². The van der Waals surface area contributed by atoms with Crippen molar-refractivity contribution in [1.82, 2.24) is 4.90 Å². The molecule has 0 bridgehead atoms. The molecule has 2 atom stereocenters. The second kappa shape index (κ2) is 6.92. The number of β-amino-alcohol motifs (C(OH)–C–C–N with tert-alkyl or cyclic N) is 1. The maximum atomic E-state index is 9.97. The molecule has 1 aliphatic rings. The van der Waals surface area contributed by atoms with Crippen LogP contribution in [0.5, 0.6) is 11.5 Å². The number of aliphatic hydroxyl groups is 2. The molecule has 0 saturated carbocycles. The van der Waals surface area contributed by atoms with E-state index in [1.807, 2.05) is 18.2 Å². The molecule has 20 heavy (non-hydrogen) atoms. The lowest BCUT2D eigenvalue weighted by Crippen LogP contribution is -2.44. The molecule has 112 valence electrons. The van der Waals surface area contributed by atoms with Crippen molar-refractivity contribution in [2.75, 3.05) is 33.9 Å². The summed E-state index contributed by atoms with van der Waals surface area (Å²) in [6.45, 7) is 2.26.